The van der Waals surface area contributed by atoms with Gasteiger partial charge in [-0.25, -0.2) is 4.98 Å². The van der Waals surface area contributed by atoms with Gasteiger partial charge in [-0.1, -0.05) is 6.07 Å². The third kappa shape index (κ3) is 4.59. The summed E-state index contributed by atoms with van der Waals surface area (Å²) in [6.07, 6.45) is 0.607. The Morgan fingerprint density at radius 3 is 2.61 bits per heavy atom. The molecule has 158 valence electrons. The Labute approximate surface area is 183 Å². The maximum Gasteiger partial charge on any atom is 0.261 e. The quantitative estimate of drug-likeness (QED) is 0.462. The van der Waals surface area contributed by atoms with E-state index in [1.54, 1.807) is 37.4 Å². The number of ether oxygens (including phenoxy) is 1. The number of hydrogen-bond acceptors (Lipinski definition) is 5. The number of carbonyl (C=O) groups is 2. The Bertz CT molecular complexity index is 1210. The summed E-state index contributed by atoms with van der Waals surface area (Å²) in [5, 5.41) is 7.71. The van der Waals surface area contributed by atoms with Gasteiger partial charge < -0.3 is 19.9 Å². The highest BCUT2D eigenvalue weighted by molar-refractivity contribution is 7.12. The number of aromatic nitrogens is 2. The minimum Gasteiger partial charge on any atom is -0.497 e. The molecule has 2 aromatic carbocycles. The van der Waals surface area contributed by atoms with E-state index in [1.165, 1.54) is 11.3 Å². The SMILES string of the molecule is COc1ccc(C(=O)Nc2ccc3c(c2)nc(CCNC(=O)c2cccs2)n3C)cc1. The molecule has 4 aromatic rings. The number of rotatable bonds is 7. The number of hydrogen-bond donors (Lipinski definition) is 2. The maximum absolute atomic E-state index is 12.5. The van der Waals surface area contributed by atoms with Crippen molar-refractivity contribution in [2.24, 2.45) is 7.05 Å². The Kier molecular flexibility index (Phi) is 5.99. The van der Waals surface area contributed by atoms with Crippen LogP contribution in [0.3, 0.4) is 0 Å². The summed E-state index contributed by atoms with van der Waals surface area (Å²) in [6.45, 7) is 0.495. The lowest BCUT2D eigenvalue weighted by molar-refractivity contribution is 0.0957. The molecular formula is C23H22N4O3S. The zero-order chi connectivity index (χ0) is 21.8. The van der Waals surface area contributed by atoms with E-state index in [-0.39, 0.29) is 11.8 Å². The molecule has 0 bridgehead atoms. The monoisotopic (exact) mass is 434 g/mol. The lowest BCUT2D eigenvalue weighted by atomic mass is 10.2. The molecule has 0 radical (unpaired) electrons. The number of carbonyl (C=O) groups excluding carboxylic acids is 2. The summed E-state index contributed by atoms with van der Waals surface area (Å²) >= 11 is 1.42. The van der Waals surface area contributed by atoms with Crippen LogP contribution in [-0.2, 0) is 13.5 Å². The molecule has 2 N–H and O–H groups in total. The molecule has 7 nitrogen and oxygen atoms in total. The Morgan fingerprint density at radius 2 is 1.90 bits per heavy atom. The number of benzene rings is 2. The van der Waals surface area contributed by atoms with Crippen molar-refractivity contribution in [1.29, 1.82) is 0 Å². The van der Waals surface area contributed by atoms with E-state index >= 15 is 0 Å². The number of aryl methyl sites for hydroxylation is 1. The fourth-order valence-corrected chi connectivity index (χ4v) is 3.92. The molecule has 0 fully saturated rings. The van der Waals surface area contributed by atoms with Crippen molar-refractivity contribution in [2.75, 3.05) is 19.0 Å². The first-order chi connectivity index (χ1) is 15.0. The smallest absolute Gasteiger partial charge is 0.261 e. The molecule has 0 saturated heterocycles. The highest BCUT2D eigenvalue weighted by Gasteiger charge is 2.12. The average molecular weight is 435 g/mol. The summed E-state index contributed by atoms with van der Waals surface area (Å²) in [5.74, 6) is 1.29. The van der Waals surface area contributed by atoms with Crippen molar-refractivity contribution < 1.29 is 14.3 Å². The second-order valence-electron chi connectivity index (χ2n) is 6.96. The van der Waals surface area contributed by atoms with Crippen molar-refractivity contribution in [3.8, 4) is 5.75 Å². The molecule has 2 heterocycles. The highest BCUT2D eigenvalue weighted by Crippen LogP contribution is 2.21. The van der Waals surface area contributed by atoms with Crippen LogP contribution in [0.25, 0.3) is 11.0 Å². The third-order valence-corrected chi connectivity index (χ3v) is 5.83. The molecule has 2 amide bonds. The van der Waals surface area contributed by atoms with Crippen LogP contribution in [0.15, 0.2) is 60.0 Å². The molecule has 0 spiro atoms. The third-order valence-electron chi connectivity index (χ3n) is 4.96. The number of anilines is 1. The summed E-state index contributed by atoms with van der Waals surface area (Å²) in [7, 11) is 3.53. The topological polar surface area (TPSA) is 85.2 Å². The van der Waals surface area contributed by atoms with Gasteiger partial charge in [0.05, 0.1) is 23.0 Å². The average Bonchev–Trinajstić information content (AvgIpc) is 3.42. The van der Waals surface area contributed by atoms with Gasteiger partial charge in [-0.3, -0.25) is 9.59 Å². The van der Waals surface area contributed by atoms with Crippen LogP contribution in [0.1, 0.15) is 25.9 Å². The van der Waals surface area contributed by atoms with E-state index in [1.807, 2.05) is 41.3 Å². The van der Waals surface area contributed by atoms with E-state index in [4.69, 9.17) is 4.74 Å². The van der Waals surface area contributed by atoms with Gasteiger partial charge in [0.15, 0.2) is 0 Å². The van der Waals surface area contributed by atoms with Gasteiger partial charge in [-0.05, 0) is 53.9 Å². The van der Waals surface area contributed by atoms with Crippen molar-refractivity contribution in [1.82, 2.24) is 14.9 Å². The molecule has 0 aliphatic carbocycles. The normalized spacial score (nSPS) is 10.8. The first kappa shape index (κ1) is 20.6. The number of fused-ring (bicyclic) bond motifs is 1. The van der Waals surface area contributed by atoms with Crippen molar-refractivity contribution in [3.05, 3.63) is 76.2 Å². The van der Waals surface area contributed by atoms with Gasteiger partial charge in [-0.15, -0.1) is 11.3 Å². The summed E-state index contributed by atoms with van der Waals surface area (Å²) < 4.78 is 7.13. The molecule has 0 saturated carbocycles. The minimum atomic E-state index is -0.200. The number of imidazole rings is 1. The lowest BCUT2D eigenvalue weighted by Gasteiger charge is -2.06. The summed E-state index contributed by atoms with van der Waals surface area (Å²) in [4.78, 5) is 30.0. The van der Waals surface area contributed by atoms with Crippen molar-refractivity contribution in [3.63, 3.8) is 0 Å². The second kappa shape index (κ2) is 9.01. The predicted octanol–water partition coefficient (Wildman–Crippen LogP) is 3.87. The fraction of sp³-hybridized carbons (Fsp3) is 0.174. The molecule has 0 atom stereocenters. The highest BCUT2D eigenvalue weighted by atomic mass is 32.1. The molecular weight excluding hydrogens is 412 g/mol. The molecule has 0 unspecified atom stereocenters. The van der Waals surface area contributed by atoms with Gasteiger partial charge in [0.1, 0.15) is 11.6 Å². The van der Waals surface area contributed by atoms with Crippen LogP contribution in [0.4, 0.5) is 5.69 Å². The van der Waals surface area contributed by atoms with Gasteiger partial charge in [0.25, 0.3) is 11.8 Å². The predicted molar refractivity (Wildman–Crippen MR) is 122 cm³/mol. The minimum absolute atomic E-state index is 0.0719. The largest absolute Gasteiger partial charge is 0.497 e. The van der Waals surface area contributed by atoms with Crippen LogP contribution < -0.4 is 15.4 Å². The van der Waals surface area contributed by atoms with Crippen LogP contribution in [-0.4, -0.2) is 35.0 Å². The number of thiophene rings is 1. The van der Waals surface area contributed by atoms with Gasteiger partial charge >= 0.3 is 0 Å². The zero-order valence-electron chi connectivity index (χ0n) is 17.2. The van der Waals surface area contributed by atoms with E-state index in [9.17, 15) is 9.59 Å². The zero-order valence-corrected chi connectivity index (χ0v) is 18.0. The second-order valence-corrected chi connectivity index (χ2v) is 7.90. The van der Waals surface area contributed by atoms with Crippen molar-refractivity contribution in [2.45, 2.75) is 6.42 Å². The molecule has 8 heteroatoms. The first-order valence-corrected chi connectivity index (χ1v) is 10.7. The van der Waals surface area contributed by atoms with Crippen LogP contribution in [0.2, 0.25) is 0 Å². The van der Waals surface area contributed by atoms with Crippen LogP contribution in [0, 0.1) is 0 Å². The van der Waals surface area contributed by atoms with Crippen molar-refractivity contribution >= 4 is 39.9 Å². The van der Waals surface area contributed by atoms with Crippen LogP contribution in [0.5, 0.6) is 5.75 Å². The van der Waals surface area contributed by atoms with Gasteiger partial charge in [-0.2, -0.15) is 0 Å². The van der Waals surface area contributed by atoms with E-state index in [0.717, 1.165) is 16.9 Å². The molecule has 4 rings (SSSR count). The van der Waals surface area contributed by atoms with Crippen LogP contribution >= 0.6 is 11.3 Å². The van der Waals surface area contributed by atoms with E-state index < -0.39 is 0 Å². The standard InChI is InChI=1S/C23H22N4O3S/c1-27-19-10-7-16(25-22(28)15-5-8-17(30-2)9-6-15)14-18(19)26-21(27)11-12-24-23(29)20-4-3-13-31-20/h3-10,13-14H,11-12H2,1-2H3,(H,24,29)(H,25,28). The summed E-state index contributed by atoms with van der Waals surface area (Å²) in [5.41, 5.74) is 2.96. The van der Waals surface area contributed by atoms with E-state index in [0.29, 0.717) is 34.8 Å². The maximum atomic E-state index is 12.5. The lowest BCUT2D eigenvalue weighted by Crippen LogP contribution is -2.25. The molecule has 2 aromatic heterocycles. The summed E-state index contributed by atoms with van der Waals surface area (Å²) in [6, 6.07) is 16.2. The molecule has 31 heavy (non-hydrogen) atoms. The van der Waals surface area contributed by atoms with Gasteiger partial charge in [0.2, 0.25) is 0 Å². The van der Waals surface area contributed by atoms with Gasteiger partial charge in [0, 0.05) is 31.3 Å². The number of amides is 2. The molecule has 0 aliphatic rings. The first-order valence-electron chi connectivity index (χ1n) is 9.77. The number of methoxy groups -OCH3 is 1. The fourth-order valence-electron chi connectivity index (χ4n) is 3.28. The Balaban J connectivity index is 1.42. The van der Waals surface area contributed by atoms with E-state index in [2.05, 4.69) is 15.6 Å². The number of nitrogens with zero attached hydrogens (tertiary/aromatic N) is 2. The number of nitrogens with one attached hydrogen (secondary N) is 2. The molecule has 0 aliphatic heterocycles. The Hall–Kier alpha value is -3.65. The Morgan fingerprint density at radius 1 is 1.10 bits per heavy atom.